The predicted molar refractivity (Wildman–Crippen MR) is 89.6 cm³/mol. The molecule has 0 bridgehead atoms. The number of methoxy groups -OCH3 is 1. The smallest absolute Gasteiger partial charge is 0.309 e. The fourth-order valence-electron chi connectivity index (χ4n) is 2.74. The Morgan fingerprint density at radius 3 is 2.39 bits per heavy atom. The molecule has 0 heterocycles. The second-order valence-corrected chi connectivity index (χ2v) is 6.19. The number of halogens is 1. The highest BCUT2D eigenvalue weighted by Gasteiger charge is 2.29. The summed E-state index contributed by atoms with van der Waals surface area (Å²) in [7, 11) is 1.43. The maximum absolute atomic E-state index is 11.7. The van der Waals surface area contributed by atoms with Gasteiger partial charge in [-0.3, -0.25) is 4.79 Å². The lowest BCUT2D eigenvalue weighted by atomic mass is 10.1. The first-order valence-corrected chi connectivity index (χ1v) is 8.63. The Morgan fingerprint density at radius 2 is 1.83 bits per heavy atom. The summed E-state index contributed by atoms with van der Waals surface area (Å²) in [6.45, 7) is 5.30. The summed E-state index contributed by atoms with van der Waals surface area (Å²) in [5, 5.41) is 0. The molecular formula is C17H23BrO5. The molecule has 1 atom stereocenters. The Hall–Kier alpha value is -1.11. The Balaban J connectivity index is 2.04. The zero-order valence-corrected chi connectivity index (χ0v) is 15.4. The number of hydrogen-bond donors (Lipinski definition) is 0. The molecule has 0 aromatic heterocycles. The molecule has 5 nitrogen and oxygen atoms in total. The molecule has 2 rings (SSSR count). The van der Waals surface area contributed by atoms with Crippen LogP contribution in [0, 0.1) is 5.92 Å². The fourth-order valence-corrected chi connectivity index (χ4v) is 3.24. The van der Waals surface area contributed by atoms with Crippen molar-refractivity contribution in [2.75, 3.05) is 26.9 Å². The van der Waals surface area contributed by atoms with Crippen LogP contribution in [0.1, 0.15) is 25.0 Å². The second-order valence-electron chi connectivity index (χ2n) is 5.33. The lowest BCUT2D eigenvalue weighted by molar-refractivity contribution is -0.152. The standard InChI is InChI=1S/C17H23BrO5/c1-4-21-16(22-5-2)10-23-15-9-12-7-13(17(19)20-3)6-11(12)8-14(15)18/h8-9,13,16H,4-7,10H2,1-3H3. The zero-order chi connectivity index (χ0) is 16.8. The van der Waals surface area contributed by atoms with Crippen molar-refractivity contribution in [3.63, 3.8) is 0 Å². The summed E-state index contributed by atoms with van der Waals surface area (Å²) in [5.41, 5.74) is 2.29. The van der Waals surface area contributed by atoms with E-state index in [0.717, 1.165) is 21.3 Å². The third-order valence-corrected chi connectivity index (χ3v) is 4.42. The van der Waals surface area contributed by atoms with Crippen molar-refractivity contribution < 1.29 is 23.7 Å². The van der Waals surface area contributed by atoms with E-state index in [-0.39, 0.29) is 18.2 Å². The van der Waals surface area contributed by atoms with Crippen LogP contribution < -0.4 is 4.74 Å². The molecule has 1 aromatic carbocycles. The highest BCUT2D eigenvalue weighted by molar-refractivity contribution is 9.10. The number of esters is 1. The van der Waals surface area contributed by atoms with Crippen molar-refractivity contribution in [1.29, 1.82) is 0 Å². The van der Waals surface area contributed by atoms with Crippen LogP contribution in [0.15, 0.2) is 16.6 Å². The highest BCUT2D eigenvalue weighted by atomic mass is 79.9. The molecule has 0 aliphatic heterocycles. The van der Waals surface area contributed by atoms with Gasteiger partial charge in [-0.2, -0.15) is 0 Å². The van der Waals surface area contributed by atoms with Crippen molar-refractivity contribution in [2.45, 2.75) is 33.0 Å². The summed E-state index contributed by atoms with van der Waals surface area (Å²) in [4.78, 5) is 11.7. The van der Waals surface area contributed by atoms with Gasteiger partial charge in [0.05, 0.1) is 17.5 Å². The number of ether oxygens (including phenoxy) is 4. The molecule has 0 amide bonds. The Kier molecular flexibility index (Phi) is 6.87. The van der Waals surface area contributed by atoms with Crippen molar-refractivity contribution in [3.8, 4) is 5.75 Å². The molecule has 128 valence electrons. The van der Waals surface area contributed by atoms with Gasteiger partial charge in [0.1, 0.15) is 12.4 Å². The Morgan fingerprint density at radius 1 is 1.22 bits per heavy atom. The van der Waals surface area contributed by atoms with Gasteiger partial charge in [0.25, 0.3) is 0 Å². The molecular weight excluding hydrogens is 364 g/mol. The maximum Gasteiger partial charge on any atom is 0.309 e. The number of hydrogen-bond acceptors (Lipinski definition) is 5. The van der Waals surface area contributed by atoms with Crippen LogP contribution >= 0.6 is 15.9 Å². The van der Waals surface area contributed by atoms with Crippen LogP contribution in [0.25, 0.3) is 0 Å². The van der Waals surface area contributed by atoms with Crippen molar-refractivity contribution in [3.05, 3.63) is 27.7 Å². The quantitative estimate of drug-likeness (QED) is 0.507. The number of carbonyl (C=O) groups is 1. The van der Waals surface area contributed by atoms with Crippen LogP contribution in [-0.4, -0.2) is 39.2 Å². The summed E-state index contributed by atoms with van der Waals surface area (Å²) in [5.74, 6) is 0.475. The molecule has 0 saturated carbocycles. The molecule has 0 spiro atoms. The largest absolute Gasteiger partial charge is 0.487 e. The topological polar surface area (TPSA) is 54.0 Å². The number of fused-ring (bicyclic) bond motifs is 1. The van der Waals surface area contributed by atoms with Gasteiger partial charge in [0.2, 0.25) is 0 Å². The summed E-state index contributed by atoms with van der Waals surface area (Å²) < 4.78 is 22.5. The van der Waals surface area contributed by atoms with Crippen molar-refractivity contribution >= 4 is 21.9 Å². The minimum atomic E-state index is -0.382. The summed E-state index contributed by atoms with van der Waals surface area (Å²) in [6.07, 6.45) is 1.01. The van der Waals surface area contributed by atoms with Crippen molar-refractivity contribution in [2.24, 2.45) is 5.92 Å². The van der Waals surface area contributed by atoms with E-state index >= 15 is 0 Å². The van der Waals surface area contributed by atoms with E-state index in [0.29, 0.717) is 32.7 Å². The summed E-state index contributed by atoms with van der Waals surface area (Å²) >= 11 is 3.53. The Bertz CT molecular complexity index is 540. The Labute approximate surface area is 145 Å². The number of carbonyl (C=O) groups excluding carboxylic acids is 1. The SMILES string of the molecule is CCOC(COc1cc2c(cc1Br)CC(C(=O)OC)C2)OCC. The lowest BCUT2D eigenvalue weighted by Crippen LogP contribution is -2.25. The molecule has 0 N–H and O–H groups in total. The van der Waals surface area contributed by atoms with E-state index in [4.69, 9.17) is 18.9 Å². The van der Waals surface area contributed by atoms with Gasteiger partial charge in [-0.1, -0.05) is 0 Å². The molecule has 1 aromatic rings. The molecule has 23 heavy (non-hydrogen) atoms. The van der Waals surface area contributed by atoms with E-state index < -0.39 is 0 Å². The lowest BCUT2D eigenvalue weighted by Gasteiger charge is -2.18. The van der Waals surface area contributed by atoms with Crippen molar-refractivity contribution in [1.82, 2.24) is 0 Å². The number of rotatable bonds is 8. The minimum absolute atomic E-state index is 0.100. The van der Waals surface area contributed by atoms with Gasteiger partial charge >= 0.3 is 5.97 Å². The molecule has 0 saturated heterocycles. The molecule has 0 radical (unpaired) electrons. The minimum Gasteiger partial charge on any atom is -0.487 e. The van der Waals surface area contributed by atoms with Gasteiger partial charge in [-0.05, 0) is 65.9 Å². The van der Waals surface area contributed by atoms with Crippen LogP contribution in [-0.2, 0) is 31.8 Å². The first kappa shape index (κ1) is 18.2. The van der Waals surface area contributed by atoms with Crippen LogP contribution in [0.5, 0.6) is 5.75 Å². The predicted octanol–water partition coefficient (Wildman–Crippen LogP) is 3.11. The zero-order valence-electron chi connectivity index (χ0n) is 13.8. The highest BCUT2D eigenvalue weighted by Crippen LogP contribution is 2.36. The molecule has 1 aliphatic rings. The third-order valence-electron chi connectivity index (χ3n) is 3.80. The molecule has 0 fully saturated rings. The van der Waals surface area contributed by atoms with Gasteiger partial charge < -0.3 is 18.9 Å². The molecule has 6 heteroatoms. The van der Waals surface area contributed by atoms with E-state index in [1.165, 1.54) is 7.11 Å². The third kappa shape index (κ3) is 4.68. The molecule has 1 aliphatic carbocycles. The first-order valence-electron chi connectivity index (χ1n) is 7.84. The van der Waals surface area contributed by atoms with Crippen LogP contribution in [0.3, 0.4) is 0 Å². The maximum atomic E-state index is 11.7. The summed E-state index contributed by atoms with van der Waals surface area (Å²) in [6, 6.07) is 4.00. The first-order chi connectivity index (χ1) is 11.1. The molecule has 1 unspecified atom stereocenters. The fraction of sp³-hybridized carbons (Fsp3) is 0.588. The van der Waals surface area contributed by atoms with E-state index in [9.17, 15) is 4.79 Å². The van der Waals surface area contributed by atoms with E-state index in [1.54, 1.807) is 0 Å². The second kappa shape index (κ2) is 8.66. The number of benzene rings is 1. The normalized spacial score (nSPS) is 16.5. The monoisotopic (exact) mass is 386 g/mol. The van der Waals surface area contributed by atoms with E-state index in [2.05, 4.69) is 15.9 Å². The van der Waals surface area contributed by atoms with Crippen LogP contribution in [0.2, 0.25) is 0 Å². The van der Waals surface area contributed by atoms with Crippen LogP contribution in [0.4, 0.5) is 0 Å². The van der Waals surface area contributed by atoms with Gasteiger partial charge in [0, 0.05) is 13.2 Å². The van der Waals surface area contributed by atoms with Gasteiger partial charge in [-0.25, -0.2) is 0 Å². The van der Waals surface area contributed by atoms with Gasteiger partial charge in [0.15, 0.2) is 6.29 Å². The average molecular weight is 387 g/mol. The van der Waals surface area contributed by atoms with Gasteiger partial charge in [-0.15, -0.1) is 0 Å². The average Bonchev–Trinajstić information content (AvgIpc) is 2.94. The van der Waals surface area contributed by atoms with E-state index in [1.807, 2.05) is 26.0 Å².